The van der Waals surface area contributed by atoms with Gasteiger partial charge in [-0.2, -0.15) is 0 Å². The van der Waals surface area contributed by atoms with E-state index in [1.54, 1.807) is 0 Å². The van der Waals surface area contributed by atoms with Gasteiger partial charge in [0.25, 0.3) is 0 Å². The number of hydrogen-bond donors (Lipinski definition) is 0. The number of rotatable bonds is 1. The van der Waals surface area contributed by atoms with Crippen molar-refractivity contribution in [2.75, 3.05) is 0 Å². The maximum absolute atomic E-state index is 4.84. The lowest BCUT2D eigenvalue weighted by molar-refractivity contribution is 0.518. The van der Waals surface area contributed by atoms with Gasteiger partial charge in [0.1, 0.15) is 16.1 Å². The Morgan fingerprint density at radius 3 is 2.94 bits per heavy atom. The van der Waals surface area contributed by atoms with Crippen molar-refractivity contribution in [1.82, 2.24) is 14.5 Å². The molecule has 0 unspecified atom stereocenters. The maximum atomic E-state index is 4.84. The van der Waals surface area contributed by atoms with E-state index in [1.807, 2.05) is 25.1 Å². The third-order valence-corrected chi connectivity index (χ3v) is 4.90. The minimum atomic E-state index is 0.658. The minimum absolute atomic E-state index is 0.658. The first-order valence-corrected chi connectivity index (χ1v) is 7.25. The highest BCUT2D eigenvalue weighted by Crippen LogP contribution is 2.51. The summed E-state index contributed by atoms with van der Waals surface area (Å²) in [6.45, 7) is 2.02. The van der Waals surface area contributed by atoms with Gasteiger partial charge in [-0.05, 0) is 54.2 Å². The van der Waals surface area contributed by atoms with E-state index in [9.17, 15) is 0 Å². The van der Waals surface area contributed by atoms with E-state index < -0.39 is 0 Å². The Morgan fingerprint density at radius 2 is 2.17 bits per heavy atom. The fourth-order valence-corrected chi connectivity index (χ4v) is 4.09. The Balaban J connectivity index is 1.89. The standard InChI is InChI=1S/C14H14BrN3/c1-8-3-2-4-11(16-8)12-13(15)18-10-6-5-9(7-10)14(18)17-12/h2-4,9-10H,5-7H2,1H3/t9-,10+/m1/s1. The molecule has 0 saturated heterocycles. The average Bonchev–Trinajstić information content (AvgIpc) is 3.02. The molecule has 4 heteroatoms. The molecular formula is C14H14BrN3. The topological polar surface area (TPSA) is 30.7 Å². The van der Waals surface area contributed by atoms with Crippen LogP contribution in [0.25, 0.3) is 11.4 Å². The highest BCUT2D eigenvalue weighted by Gasteiger charge is 2.40. The van der Waals surface area contributed by atoms with Crippen LogP contribution in [0.1, 0.15) is 42.7 Å². The number of aryl methyl sites for hydroxylation is 1. The number of fused-ring (bicyclic) bond motifs is 5. The van der Waals surface area contributed by atoms with E-state index in [1.165, 1.54) is 25.1 Å². The van der Waals surface area contributed by atoms with E-state index in [0.717, 1.165) is 21.7 Å². The second-order valence-corrected chi connectivity index (χ2v) is 6.06. The van der Waals surface area contributed by atoms with Crippen molar-refractivity contribution in [2.24, 2.45) is 0 Å². The quantitative estimate of drug-likeness (QED) is 0.801. The van der Waals surface area contributed by atoms with Crippen molar-refractivity contribution in [2.45, 2.75) is 38.1 Å². The van der Waals surface area contributed by atoms with Gasteiger partial charge in [0.05, 0.1) is 5.69 Å². The third kappa shape index (κ3) is 1.35. The maximum Gasteiger partial charge on any atom is 0.122 e. The zero-order valence-electron chi connectivity index (χ0n) is 10.2. The molecule has 1 aliphatic heterocycles. The van der Waals surface area contributed by atoms with Gasteiger partial charge in [-0.1, -0.05) is 6.07 Å². The molecule has 0 amide bonds. The second kappa shape index (κ2) is 3.67. The molecule has 0 radical (unpaired) electrons. The van der Waals surface area contributed by atoms with Crippen LogP contribution in [0, 0.1) is 6.92 Å². The van der Waals surface area contributed by atoms with Gasteiger partial charge in [-0.25, -0.2) is 4.98 Å². The summed E-state index contributed by atoms with van der Waals surface area (Å²) in [5.74, 6) is 1.93. The number of hydrogen-bond acceptors (Lipinski definition) is 2. The van der Waals surface area contributed by atoms with Crippen molar-refractivity contribution in [3.63, 3.8) is 0 Å². The number of aromatic nitrogens is 3. The van der Waals surface area contributed by atoms with E-state index in [2.05, 4.69) is 25.5 Å². The van der Waals surface area contributed by atoms with E-state index >= 15 is 0 Å². The largest absolute Gasteiger partial charge is 0.319 e. The van der Waals surface area contributed by atoms with Crippen LogP contribution in [0.3, 0.4) is 0 Å². The molecule has 0 aromatic carbocycles. The van der Waals surface area contributed by atoms with Gasteiger partial charge in [0, 0.05) is 17.7 Å². The van der Waals surface area contributed by atoms with Crippen molar-refractivity contribution in [1.29, 1.82) is 0 Å². The molecule has 2 bridgehead atoms. The first-order valence-electron chi connectivity index (χ1n) is 6.45. The molecular weight excluding hydrogens is 290 g/mol. The molecule has 0 spiro atoms. The van der Waals surface area contributed by atoms with Gasteiger partial charge in [0.15, 0.2) is 0 Å². The molecule has 2 atom stereocenters. The van der Waals surface area contributed by atoms with Crippen LogP contribution in [0.2, 0.25) is 0 Å². The van der Waals surface area contributed by atoms with Crippen LogP contribution >= 0.6 is 15.9 Å². The molecule has 2 aromatic rings. The molecule has 92 valence electrons. The predicted molar refractivity (Wildman–Crippen MR) is 73.5 cm³/mol. The lowest BCUT2D eigenvalue weighted by atomic mass is 10.1. The van der Waals surface area contributed by atoms with E-state index in [0.29, 0.717) is 12.0 Å². The first kappa shape index (κ1) is 10.7. The Kier molecular flexibility index (Phi) is 2.19. The molecule has 18 heavy (non-hydrogen) atoms. The lowest BCUT2D eigenvalue weighted by Crippen LogP contribution is -2.06. The van der Waals surface area contributed by atoms with Crippen LogP contribution in [-0.2, 0) is 0 Å². The monoisotopic (exact) mass is 303 g/mol. The fourth-order valence-electron chi connectivity index (χ4n) is 3.33. The number of nitrogens with zero attached hydrogens (tertiary/aromatic N) is 3. The summed E-state index contributed by atoms with van der Waals surface area (Å²) in [6, 6.07) is 6.76. The van der Waals surface area contributed by atoms with Gasteiger partial charge >= 0.3 is 0 Å². The second-order valence-electron chi connectivity index (χ2n) is 5.31. The molecule has 3 heterocycles. The Morgan fingerprint density at radius 1 is 1.28 bits per heavy atom. The van der Waals surface area contributed by atoms with Crippen molar-refractivity contribution in [3.8, 4) is 11.4 Å². The fraction of sp³-hybridized carbons (Fsp3) is 0.429. The van der Waals surface area contributed by atoms with Gasteiger partial charge in [-0.15, -0.1) is 0 Å². The molecule has 1 fully saturated rings. The van der Waals surface area contributed by atoms with Crippen LogP contribution in [0.15, 0.2) is 22.8 Å². The zero-order valence-corrected chi connectivity index (χ0v) is 11.8. The van der Waals surface area contributed by atoms with Crippen LogP contribution in [-0.4, -0.2) is 14.5 Å². The predicted octanol–water partition coefficient (Wildman–Crippen LogP) is 3.84. The molecule has 0 N–H and O–H groups in total. The Labute approximate surface area is 114 Å². The summed E-state index contributed by atoms with van der Waals surface area (Å²) in [5.41, 5.74) is 3.02. The molecule has 1 aliphatic carbocycles. The van der Waals surface area contributed by atoms with Crippen LogP contribution < -0.4 is 0 Å². The van der Waals surface area contributed by atoms with Crippen molar-refractivity contribution in [3.05, 3.63) is 34.3 Å². The van der Waals surface area contributed by atoms with E-state index in [-0.39, 0.29) is 0 Å². The normalized spacial score (nSPS) is 24.6. The molecule has 3 nitrogen and oxygen atoms in total. The molecule has 4 rings (SSSR count). The number of pyridine rings is 1. The highest BCUT2D eigenvalue weighted by atomic mass is 79.9. The SMILES string of the molecule is Cc1cccc(-c2nc3n(c2Br)[C@H]2CC[C@@H]3C2)n1. The lowest BCUT2D eigenvalue weighted by Gasteiger charge is -2.13. The van der Waals surface area contributed by atoms with Crippen molar-refractivity contribution >= 4 is 15.9 Å². The van der Waals surface area contributed by atoms with Gasteiger partial charge < -0.3 is 4.57 Å². The van der Waals surface area contributed by atoms with Crippen LogP contribution in [0.5, 0.6) is 0 Å². The minimum Gasteiger partial charge on any atom is -0.319 e. The Hall–Kier alpha value is -1.16. The summed E-state index contributed by atoms with van der Waals surface area (Å²) < 4.78 is 3.50. The third-order valence-electron chi connectivity index (χ3n) is 4.15. The van der Waals surface area contributed by atoms with Crippen LogP contribution in [0.4, 0.5) is 0 Å². The van der Waals surface area contributed by atoms with Gasteiger partial charge in [-0.3, -0.25) is 4.98 Å². The summed E-state index contributed by atoms with van der Waals surface area (Å²) in [6.07, 6.45) is 3.88. The number of imidazole rings is 1. The highest BCUT2D eigenvalue weighted by molar-refractivity contribution is 9.10. The smallest absolute Gasteiger partial charge is 0.122 e. The molecule has 1 saturated carbocycles. The first-order chi connectivity index (χ1) is 8.74. The van der Waals surface area contributed by atoms with E-state index in [4.69, 9.17) is 4.98 Å². The number of halogens is 1. The summed E-state index contributed by atoms with van der Waals surface area (Å²) in [5, 5.41) is 0. The summed E-state index contributed by atoms with van der Waals surface area (Å²) in [4.78, 5) is 9.42. The summed E-state index contributed by atoms with van der Waals surface area (Å²) >= 11 is 3.73. The molecule has 2 aromatic heterocycles. The zero-order chi connectivity index (χ0) is 12.3. The average molecular weight is 304 g/mol. The van der Waals surface area contributed by atoms with Crippen molar-refractivity contribution < 1.29 is 0 Å². The molecule has 2 aliphatic rings. The van der Waals surface area contributed by atoms with Gasteiger partial charge in [0.2, 0.25) is 0 Å². The Bertz CT molecular complexity index is 632. The summed E-state index contributed by atoms with van der Waals surface area (Å²) in [7, 11) is 0.